The van der Waals surface area contributed by atoms with E-state index in [2.05, 4.69) is 46.9 Å². The van der Waals surface area contributed by atoms with Gasteiger partial charge in [-0.05, 0) is 30.5 Å². The van der Waals surface area contributed by atoms with E-state index in [1.165, 1.54) is 5.56 Å². The molecule has 1 unspecified atom stereocenters. The minimum atomic E-state index is -0.143. The van der Waals surface area contributed by atoms with Crippen molar-refractivity contribution in [2.75, 3.05) is 0 Å². The lowest BCUT2D eigenvalue weighted by molar-refractivity contribution is 0.0937. The van der Waals surface area contributed by atoms with Gasteiger partial charge in [0.2, 0.25) is 0 Å². The van der Waals surface area contributed by atoms with E-state index >= 15 is 0 Å². The van der Waals surface area contributed by atoms with Crippen LogP contribution in [-0.4, -0.2) is 11.1 Å². The van der Waals surface area contributed by atoms with Crippen LogP contribution >= 0.6 is 0 Å². The molecular weight excluding hydrogens is 312 g/mol. The maximum absolute atomic E-state index is 12.6. The topological polar surface area (TPSA) is 55.1 Å². The summed E-state index contributed by atoms with van der Waals surface area (Å²) in [6.45, 7) is 5.71. The van der Waals surface area contributed by atoms with Gasteiger partial charge in [-0.3, -0.25) is 4.79 Å². The fourth-order valence-corrected chi connectivity index (χ4v) is 2.90. The largest absolute Gasteiger partial charge is 0.360 e. The Morgan fingerprint density at radius 3 is 2.36 bits per heavy atom. The van der Waals surface area contributed by atoms with Crippen molar-refractivity contribution in [3.05, 3.63) is 77.2 Å². The summed E-state index contributed by atoms with van der Waals surface area (Å²) >= 11 is 0. The number of aromatic nitrogens is 1. The van der Waals surface area contributed by atoms with Crippen LogP contribution < -0.4 is 5.32 Å². The molecule has 0 saturated heterocycles. The van der Waals surface area contributed by atoms with Gasteiger partial charge in [-0.1, -0.05) is 66.7 Å². The molecule has 0 aliphatic rings. The molecule has 1 heterocycles. The Balaban J connectivity index is 1.74. The molecule has 128 valence electrons. The van der Waals surface area contributed by atoms with Crippen LogP contribution in [0.15, 0.2) is 59.1 Å². The normalized spacial score (nSPS) is 12.0. The molecule has 25 heavy (non-hydrogen) atoms. The summed E-state index contributed by atoms with van der Waals surface area (Å²) < 4.78 is 5.21. The van der Waals surface area contributed by atoms with Gasteiger partial charge in [0.05, 0.1) is 11.7 Å². The Labute approximate surface area is 147 Å². The van der Waals surface area contributed by atoms with E-state index in [-0.39, 0.29) is 11.9 Å². The summed E-state index contributed by atoms with van der Waals surface area (Å²) in [4.78, 5) is 12.6. The van der Waals surface area contributed by atoms with E-state index in [4.69, 9.17) is 4.52 Å². The van der Waals surface area contributed by atoms with E-state index < -0.39 is 0 Å². The van der Waals surface area contributed by atoms with Crippen LogP contribution in [0, 0.1) is 6.92 Å². The Hall–Kier alpha value is -2.88. The van der Waals surface area contributed by atoms with E-state index in [0.717, 1.165) is 11.1 Å². The van der Waals surface area contributed by atoms with Gasteiger partial charge < -0.3 is 9.84 Å². The fourth-order valence-electron chi connectivity index (χ4n) is 2.90. The van der Waals surface area contributed by atoms with Crippen molar-refractivity contribution >= 4 is 5.91 Å². The van der Waals surface area contributed by atoms with Crippen molar-refractivity contribution in [2.24, 2.45) is 0 Å². The second-order valence-corrected chi connectivity index (χ2v) is 6.10. The van der Waals surface area contributed by atoms with Crippen molar-refractivity contribution in [2.45, 2.75) is 33.2 Å². The number of carbonyl (C=O) groups excluding carboxylic acids is 1. The third-order valence-electron chi connectivity index (χ3n) is 4.35. The maximum Gasteiger partial charge on any atom is 0.257 e. The summed E-state index contributed by atoms with van der Waals surface area (Å²) in [5.41, 5.74) is 4.57. The first-order chi connectivity index (χ1) is 12.1. The molecule has 1 N–H and O–H groups in total. The highest BCUT2D eigenvalue weighted by molar-refractivity contribution is 5.96. The lowest BCUT2D eigenvalue weighted by Crippen LogP contribution is -2.27. The van der Waals surface area contributed by atoms with Crippen molar-refractivity contribution < 1.29 is 9.32 Å². The predicted molar refractivity (Wildman–Crippen MR) is 98.4 cm³/mol. The number of benzene rings is 2. The molecule has 1 amide bonds. The molecule has 1 aromatic heterocycles. The second-order valence-electron chi connectivity index (χ2n) is 6.10. The minimum Gasteiger partial charge on any atom is -0.360 e. The molecule has 0 aliphatic carbocycles. The summed E-state index contributed by atoms with van der Waals surface area (Å²) in [5, 5.41) is 6.93. The van der Waals surface area contributed by atoms with Crippen molar-refractivity contribution in [3.63, 3.8) is 0 Å². The standard InChI is InChI=1S/C21H22N2O2/c1-4-19-20(15(3)23-25-19)21(24)22-14(2)16-10-12-18(13-11-16)17-8-6-5-7-9-17/h5-14H,4H2,1-3H3,(H,22,24). The summed E-state index contributed by atoms with van der Waals surface area (Å²) in [5.74, 6) is 0.483. The highest BCUT2D eigenvalue weighted by atomic mass is 16.5. The average molecular weight is 334 g/mol. The molecule has 4 heteroatoms. The first-order valence-corrected chi connectivity index (χ1v) is 8.51. The smallest absolute Gasteiger partial charge is 0.257 e. The third-order valence-corrected chi connectivity index (χ3v) is 4.35. The second kappa shape index (κ2) is 7.34. The van der Waals surface area contributed by atoms with E-state index in [1.807, 2.05) is 32.0 Å². The van der Waals surface area contributed by atoms with Gasteiger partial charge in [-0.25, -0.2) is 0 Å². The van der Waals surface area contributed by atoms with Gasteiger partial charge in [0.1, 0.15) is 11.3 Å². The Morgan fingerprint density at radius 1 is 1.08 bits per heavy atom. The summed E-state index contributed by atoms with van der Waals surface area (Å²) in [7, 11) is 0. The fraction of sp³-hybridized carbons (Fsp3) is 0.238. The monoisotopic (exact) mass is 334 g/mol. The number of hydrogen-bond acceptors (Lipinski definition) is 3. The summed E-state index contributed by atoms with van der Waals surface area (Å²) in [6, 6.07) is 18.4. The highest BCUT2D eigenvalue weighted by Gasteiger charge is 2.21. The molecule has 0 aliphatic heterocycles. The van der Waals surface area contributed by atoms with Gasteiger partial charge >= 0.3 is 0 Å². The van der Waals surface area contributed by atoms with E-state index in [0.29, 0.717) is 23.4 Å². The first-order valence-electron chi connectivity index (χ1n) is 8.51. The van der Waals surface area contributed by atoms with Gasteiger partial charge in [0, 0.05) is 6.42 Å². The maximum atomic E-state index is 12.6. The van der Waals surface area contributed by atoms with Gasteiger partial charge in [-0.15, -0.1) is 0 Å². The van der Waals surface area contributed by atoms with Crippen LogP contribution in [0.4, 0.5) is 0 Å². The molecule has 0 fully saturated rings. The number of nitrogens with one attached hydrogen (secondary N) is 1. The quantitative estimate of drug-likeness (QED) is 0.735. The Kier molecular flexibility index (Phi) is 4.98. The average Bonchev–Trinajstić information content (AvgIpc) is 3.03. The lowest BCUT2D eigenvalue weighted by atomic mass is 10.0. The van der Waals surface area contributed by atoms with Gasteiger partial charge in [-0.2, -0.15) is 0 Å². The summed E-state index contributed by atoms with van der Waals surface area (Å²) in [6.07, 6.45) is 0.643. The van der Waals surface area contributed by atoms with Crippen LogP contribution in [-0.2, 0) is 6.42 Å². The molecule has 3 aromatic rings. The molecule has 0 bridgehead atoms. The van der Waals surface area contributed by atoms with E-state index in [9.17, 15) is 4.79 Å². The zero-order valence-corrected chi connectivity index (χ0v) is 14.7. The number of rotatable bonds is 5. The minimum absolute atomic E-state index is 0.101. The van der Waals surface area contributed by atoms with Crippen LogP contribution in [0.3, 0.4) is 0 Å². The van der Waals surface area contributed by atoms with Crippen molar-refractivity contribution in [1.29, 1.82) is 0 Å². The number of carbonyl (C=O) groups is 1. The van der Waals surface area contributed by atoms with Crippen LogP contribution in [0.1, 0.15) is 47.3 Å². The lowest BCUT2D eigenvalue weighted by Gasteiger charge is -2.15. The van der Waals surface area contributed by atoms with E-state index in [1.54, 1.807) is 6.92 Å². The Bertz CT molecular complexity index is 851. The van der Waals surface area contributed by atoms with Crippen molar-refractivity contribution in [3.8, 4) is 11.1 Å². The van der Waals surface area contributed by atoms with Gasteiger partial charge in [0.15, 0.2) is 0 Å². The predicted octanol–water partition coefficient (Wildman–Crippen LogP) is 4.70. The molecule has 1 atom stereocenters. The molecule has 0 saturated carbocycles. The molecule has 3 rings (SSSR count). The SMILES string of the molecule is CCc1onc(C)c1C(=O)NC(C)c1ccc(-c2ccccc2)cc1. The molecule has 0 spiro atoms. The number of aryl methyl sites for hydroxylation is 2. The zero-order chi connectivity index (χ0) is 17.8. The van der Waals surface area contributed by atoms with Crippen LogP contribution in [0.2, 0.25) is 0 Å². The van der Waals surface area contributed by atoms with Gasteiger partial charge in [0.25, 0.3) is 5.91 Å². The Morgan fingerprint density at radius 2 is 1.72 bits per heavy atom. The number of nitrogens with zero attached hydrogens (tertiary/aromatic N) is 1. The molecular formula is C21H22N2O2. The van der Waals surface area contributed by atoms with Crippen LogP contribution in [0.25, 0.3) is 11.1 Å². The number of amides is 1. The number of hydrogen-bond donors (Lipinski definition) is 1. The molecule has 4 nitrogen and oxygen atoms in total. The first kappa shape index (κ1) is 17.0. The zero-order valence-electron chi connectivity index (χ0n) is 14.7. The van der Waals surface area contributed by atoms with Crippen LogP contribution in [0.5, 0.6) is 0 Å². The third kappa shape index (κ3) is 3.63. The highest BCUT2D eigenvalue weighted by Crippen LogP contribution is 2.22. The van der Waals surface area contributed by atoms with Crippen molar-refractivity contribution in [1.82, 2.24) is 10.5 Å². The molecule has 0 radical (unpaired) electrons. The molecule has 2 aromatic carbocycles.